The highest BCUT2D eigenvalue weighted by atomic mass is 19.1. The standard InChI is InChI=1S/C17H14F2N4/c1-2-3-13(21)17-14-7-4-10(8-23(14)9-22-17)15-11(18)5-6-12(20)16(15)19/h2-9,21H,20H2,1H3/b3-2-,21-13?. The zero-order valence-corrected chi connectivity index (χ0v) is 12.3. The number of imidazole rings is 1. The Kier molecular flexibility index (Phi) is 3.65. The summed E-state index contributed by atoms with van der Waals surface area (Å²) >= 11 is 0. The highest BCUT2D eigenvalue weighted by Gasteiger charge is 2.16. The number of fused-ring (bicyclic) bond motifs is 1. The highest BCUT2D eigenvalue weighted by molar-refractivity contribution is 6.09. The molecule has 2 heterocycles. The number of nitrogens with one attached hydrogen (secondary N) is 1. The third-order valence-corrected chi connectivity index (χ3v) is 3.53. The van der Waals surface area contributed by atoms with Crippen molar-refractivity contribution in [1.82, 2.24) is 9.38 Å². The van der Waals surface area contributed by atoms with Crippen molar-refractivity contribution >= 4 is 16.9 Å². The first-order valence-electron chi connectivity index (χ1n) is 6.95. The third-order valence-electron chi connectivity index (χ3n) is 3.53. The molecular formula is C17H14F2N4. The number of nitrogen functional groups attached to an aromatic ring is 1. The second kappa shape index (κ2) is 5.64. The van der Waals surface area contributed by atoms with E-state index >= 15 is 0 Å². The van der Waals surface area contributed by atoms with E-state index in [9.17, 15) is 8.78 Å². The van der Waals surface area contributed by atoms with E-state index in [0.29, 0.717) is 16.8 Å². The second-order valence-electron chi connectivity index (χ2n) is 5.04. The van der Waals surface area contributed by atoms with E-state index in [1.54, 1.807) is 34.9 Å². The van der Waals surface area contributed by atoms with Gasteiger partial charge in [0.15, 0.2) is 5.82 Å². The first-order chi connectivity index (χ1) is 11.0. The molecule has 0 bridgehead atoms. The van der Waals surface area contributed by atoms with Crippen molar-refractivity contribution in [2.45, 2.75) is 6.92 Å². The molecule has 0 atom stereocenters. The van der Waals surface area contributed by atoms with Crippen LogP contribution in [0.15, 0.2) is 48.9 Å². The molecule has 0 aliphatic carbocycles. The van der Waals surface area contributed by atoms with Crippen LogP contribution in [0.4, 0.5) is 14.5 Å². The Morgan fingerprint density at radius 3 is 2.78 bits per heavy atom. The van der Waals surface area contributed by atoms with Gasteiger partial charge in [0.05, 0.1) is 22.5 Å². The van der Waals surface area contributed by atoms with Crippen molar-refractivity contribution < 1.29 is 8.78 Å². The maximum atomic E-state index is 14.1. The molecule has 1 aromatic carbocycles. The fourth-order valence-corrected chi connectivity index (χ4v) is 2.43. The molecule has 4 nitrogen and oxygen atoms in total. The predicted molar refractivity (Wildman–Crippen MR) is 86.6 cm³/mol. The molecule has 0 aliphatic rings. The van der Waals surface area contributed by atoms with Crippen molar-refractivity contribution in [2.75, 3.05) is 5.73 Å². The highest BCUT2D eigenvalue weighted by Crippen LogP contribution is 2.30. The summed E-state index contributed by atoms with van der Waals surface area (Å²) in [6, 6.07) is 5.60. The average molecular weight is 312 g/mol. The maximum absolute atomic E-state index is 14.1. The molecule has 2 aromatic heterocycles. The van der Waals surface area contributed by atoms with Crippen LogP contribution in [0.1, 0.15) is 12.6 Å². The summed E-state index contributed by atoms with van der Waals surface area (Å²) in [7, 11) is 0. The summed E-state index contributed by atoms with van der Waals surface area (Å²) in [6.07, 6.45) is 6.46. The minimum absolute atomic E-state index is 0.109. The Labute approximate surface area is 131 Å². The Balaban J connectivity index is 2.16. The van der Waals surface area contributed by atoms with Crippen LogP contribution >= 0.6 is 0 Å². The molecule has 0 spiro atoms. The molecule has 0 amide bonds. The van der Waals surface area contributed by atoms with Crippen molar-refractivity contribution in [3.8, 4) is 11.1 Å². The van der Waals surface area contributed by atoms with Gasteiger partial charge >= 0.3 is 0 Å². The van der Waals surface area contributed by atoms with Gasteiger partial charge in [0.25, 0.3) is 0 Å². The molecule has 0 saturated heterocycles. The number of allylic oxidation sites excluding steroid dienone is 2. The molecule has 3 aromatic rings. The Bertz CT molecular complexity index is 941. The number of nitrogens with two attached hydrogens (primary N) is 1. The van der Waals surface area contributed by atoms with E-state index < -0.39 is 11.6 Å². The van der Waals surface area contributed by atoms with Gasteiger partial charge in [-0.05, 0) is 31.2 Å². The van der Waals surface area contributed by atoms with Gasteiger partial charge < -0.3 is 10.1 Å². The molecule has 23 heavy (non-hydrogen) atoms. The molecule has 0 saturated carbocycles. The summed E-state index contributed by atoms with van der Waals surface area (Å²) in [5, 5.41) is 7.94. The fraction of sp³-hybridized carbons (Fsp3) is 0.0588. The van der Waals surface area contributed by atoms with Gasteiger partial charge in [-0.25, -0.2) is 13.8 Å². The summed E-state index contributed by atoms with van der Waals surface area (Å²) in [5.41, 5.74) is 7.04. The zero-order valence-electron chi connectivity index (χ0n) is 12.3. The number of aromatic nitrogens is 2. The Morgan fingerprint density at radius 1 is 1.26 bits per heavy atom. The van der Waals surface area contributed by atoms with E-state index in [1.807, 2.05) is 6.92 Å². The molecular weight excluding hydrogens is 298 g/mol. The van der Waals surface area contributed by atoms with Gasteiger partial charge in [0.1, 0.15) is 17.8 Å². The van der Waals surface area contributed by atoms with E-state index in [1.165, 1.54) is 12.4 Å². The van der Waals surface area contributed by atoms with Crippen LogP contribution in [0.2, 0.25) is 0 Å². The van der Waals surface area contributed by atoms with Crippen molar-refractivity contribution in [3.05, 3.63) is 66.3 Å². The van der Waals surface area contributed by atoms with Crippen LogP contribution in [0.25, 0.3) is 16.6 Å². The smallest absolute Gasteiger partial charge is 0.156 e. The third kappa shape index (κ3) is 2.48. The van der Waals surface area contributed by atoms with Crippen molar-refractivity contribution in [2.24, 2.45) is 0 Å². The van der Waals surface area contributed by atoms with Crippen LogP contribution < -0.4 is 5.73 Å². The van der Waals surface area contributed by atoms with Crippen LogP contribution in [0.5, 0.6) is 0 Å². The van der Waals surface area contributed by atoms with E-state index in [-0.39, 0.29) is 17.0 Å². The number of pyridine rings is 1. The first kappa shape index (κ1) is 14.9. The van der Waals surface area contributed by atoms with Crippen molar-refractivity contribution in [3.63, 3.8) is 0 Å². The topological polar surface area (TPSA) is 67.2 Å². The van der Waals surface area contributed by atoms with E-state index in [4.69, 9.17) is 11.1 Å². The first-order valence-corrected chi connectivity index (χ1v) is 6.95. The van der Waals surface area contributed by atoms with E-state index in [2.05, 4.69) is 4.98 Å². The summed E-state index contributed by atoms with van der Waals surface area (Å²) in [5.74, 6) is -1.47. The molecule has 3 rings (SSSR count). The number of hydrogen-bond acceptors (Lipinski definition) is 3. The molecule has 6 heteroatoms. The lowest BCUT2D eigenvalue weighted by Gasteiger charge is -2.08. The predicted octanol–water partition coefficient (Wildman–Crippen LogP) is 3.81. The van der Waals surface area contributed by atoms with Gasteiger partial charge in [-0.15, -0.1) is 0 Å². The van der Waals surface area contributed by atoms with Crippen LogP contribution in [0, 0.1) is 17.0 Å². The lowest BCUT2D eigenvalue weighted by Crippen LogP contribution is -1.98. The summed E-state index contributed by atoms with van der Waals surface area (Å²) in [4.78, 5) is 4.19. The van der Waals surface area contributed by atoms with Crippen LogP contribution in [-0.4, -0.2) is 15.1 Å². The van der Waals surface area contributed by atoms with Gasteiger partial charge in [0.2, 0.25) is 0 Å². The number of rotatable bonds is 3. The lowest BCUT2D eigenvalue weighted by molar-refractivity contribution is 0.592. The fourth-order valence-electron chi connectivity index (χ4n) is 2.43. The van der Waals surface area contributed by atoms with Gasteiger partial charge in [0, 0.05) is 11.8 Å². The van der Waals surface area contributed by atoms with Crippen molar-refractivity contribution in [1.29, 1.82) is 5.41 Å². The maximum Gasteiger partial charge on any atom is 0.156 e. The normalized spacial score (nSPS) is 11.4. The Hall–Kier alpha value is -3.02. The molecule has 0 aliphatic heterocycles. The van der Waals surface area contributed by atoms with Gasteiger partial charge in [-0.1, -0.05) is 12.1 Å². The van der Waals surface area contributed by atoms with E-state index in [0.717, 1.165) is 6.07 Å². The van der Waals surface area contributed by atoms with Crippen LogP contribution in [-0.2, 0) is 0 Å². The SMILES string of the molecule is C/C=C\C(=N)c1ncn2cc(-c3c(F)ccc(N)c3F)ccc12. The summed E-state index contributed by atoms with van der Waals surface area (Å²) < 4.78 is 29.8. The number of hydrogen-bond donors (Lipinski definition) is 2. The Morgan fingerprint density at radius 2 is 2.04 bits per heavy atom. The molecule has 0 unspecified atom stereocenters. The minimum Gasteiger partial charge on any atom is -0.396 e. The number of halogens is 2. The number of nitrogens with zero attached hydrogens (tertiary/aromatic N) is 2. The molecule has 116 valence electrons. The zero-order chi connectivity index (χ0) is 16.6. The number of anilines is 1. The lowest BCUT2D eigenvalue weighted by atomic mass is 10.0. The quantitative estimate of drug-likeness (QED) is 0.570. The summed E-state index contributed by atoms with van der Waals surface area (Å²) in [6.45, 7) is 1.82. The van der Waals surface area contributed by atoms with Gasteiger partial charge in [-0.3, -0.25) is 5.41 Å². The average Bonchev–Trinajstić information content (AvgIpc) is 2.95. The number of benzene rings is 1. The van der Waals surface area contributed by atoms with Crippen LogP contribution in [0.3, 0.4) is 0 Å². The monoisotopic (exact) mass is 312 g/mol. The largest absolute Gasteiger partial charge is 0.396 e. The molecule has 3 N–H and O–H groups in total. The van der Waals surface area contributed by atoms with Gasteiger partial charge in [-0.2, -0.15) is 0 Å². The molecule has 0 fully saturated rings. The second-order valence-corrected chi connectivity index (χ2v) is 5.04. The molecule has 0 radical (unpaired) electrons. The minimum atomic E-state index is -0.786.